The van der Waals surface area contributed by atoms with Gasteiger partial charge in [-0.1, -0.05) is 18.2 Å². The van der Waals surface area contributed by atoms with E-state index >= 15 is 0 Å². The highest BCUT2D eigenvalue weighted by molar-refractivity contribution is 6.06. The summed E-state index contributed by atoms with van der Waals surface area (Å²) < 4.78 is 6.56. The Balaban J connectivity index is 1.65. The molecule has 8 nitrogen and oxygen atoms in total. The minimum Gasteiger partial charge on any atom is -0.444 e. The number of aryl methyl sites for hydroxylation is 1. The maximum atomic E-state index is 13.2. The number of hydrogen-bond acceptors (Lipinski definition) is 5. The minimum atomic E-state index is -0.614. The van der Waals surface area contributed by atoms with Crippen molar-refractivity contribution in [2.45, 2.75) is 45.7 Å². The van der Waals surface area contributed by atoms with Gasteiger partial charge in [-0.05, 0) is 45.7 Å². The molecule has 2 N–H and O–H groups in total. The van der Waals surface area contributed by atoms with Crippen LogP contribution in [0.1, 0.15) is 42.8 Å². The second-order valence-corrected chi connectivity index (χ2v) is 7.96. The first kappa shape index (κ1) is 20.2. The van der Waals surface area contributed by atoms with Crippen molar-refractivity contribution < 1.29 is 9.21 Å². The first-order chi connectivity index (χ1) is 14.4. The molecule has 2 heterocycles. The van der Waals surface area contributed by atoms with Crippen molar-refractivity contribution in [3.05, 3.63) is 62.5 Å². The summed E-state index contributed by atoms with van der Waals surface area (Å²) >= 11 is 0. The Labute approximate surface area is 173 Å². The Morgan fingerprint density at radius 3 is 2.60 bits per heavy atom. The normalized spacial score (nSPS) is 14.0. The number of aromatic amines is 1. The number of hydrogen-bond donors (Lipinski definition) is 2. The number of rotatable bonds is 7. The molecular weight excluding hydrogens is 384 g/mol. The fourth-order valence-electron chi connectivity index (χ4n) is 3.93. The average Bonchev–Trinajstić information content (AvgIpc) is 3.47. The quantitative estimate of drug-likeness (QED) is 0.622. The molecule has 2 aromatic heterocycles. The van der Waals surface area contributed by atoms with E-state index in [0.29, 0.717) is 30.1 Å². The molecule has 4 rings (SSSR count). The lowest BCUT2D eigenvalue weighted by Gasteiger charge is -2.26. The smallest absolute Gasteiger partial charge is 0.335 e. The molecule has 1 aromatic carbocycles. The Hall–Kier alpha value is -3.13. The number of para-hydroxylation sites is 1. The van der Waals surface area contributed by atoms with Gasteiger partial charge in [0.15, 0.2) is 0 Å². The molecule has 0 atom stereocenters. The summed E-state index contributed by atoms with van der Waals surface area (Å²) in [5.74, 6) is -0.0847. The topological polar surface area (TPSA) is 100 Å². The van der Waals surface area contributed by atoms with Gasteiger partial charge in [-0.2, -0.15) is 0 Å². The summed E-state index contributed by atoms with van der Waals surface area (Å²) in [6, 6.07) is 9.60. The number of amides is 1. The molecule has 3 aromatic rings. The zero-order valence-electron chi connectivity index (χ0n) is 17.4. The number of H-pyrrole nitrogens is 1. The van der Waals surface area contributed by atoms with Gasteiger partial charge in [0, 0.05) is 25.2 Å². The van der Waals surface area contributed by atoms with Gasteiger partial charge in [0.2, 0.25) is 5.71 Å². The van der Waals surface area contributed by atoms with Crippen molar-refractivity contribution in [1.82, 2.24) is 19.8 Å². The van der Waals surface area contributed by atoms with E-state index in [9.17, 15) is 14.4 Å². The summed E-state index contributed by atoms with van der Waals surface area (Å²) in [6.45, 7) is 7.13. The zero-order valence-corrected chi connectivity index (χ0v) is 17.4. The van der Waals surface area contributed by atoms with Gasteiger partial charge in [0.25, 0.3) is 11.5 Å². The van der Waals surface area contributed by atoms with Crippen LogP contribution in [-0.2, 0) is 0 Å². The van der Waals surface area contributed by atoms with Gasteiger partial charge in [-0.25, -0.2) is 9.36 Å². The highest BCUT2D eigenvalue weighted by atomic mass is 16.3. The second-order valence-electron chi connectivity index (χ2n) is 7.96. The third-order valence-corrected chi connectivity index (χ3v) is 5.50. The van der Waals surface area contributed by atoms with Gasteiger partial charge in [-0.15, -0.1) is 0 Å². The Morgan fingerprint density at radius 1 is 1.27 bits per heavy atom. The lowest BCUT2D eigenvalue weighted by molar-refractivity contribution is 0.0944. The standard InChI is InChI=1S/C22H26N4O4/c1-13(2)25(15-9-10-15)12-11-23-19(27)17-14(3)30-20-18(17)21(28)26(22(29)24-20)16-7-5-4-6-8-16/h4-8,13,15H,9-12H2,1-3H3,(H,23,27)(H,24,29). The predicted molar refractivity (Wildman–Crippen MR) is 114 cm³/mol. The molecule has 1 fully saturated rings. The van der Waals surface area contributed by atoms with Crippen LogP contribution in [0.5, 0.6) is 0 Å². The van der Waals surface area contributed by atoms with E-state index in [2.05, 4.69) is 29.0 Å². The van der Waals surface area contributed by atoms with Gasteiger partial charge >= 0.3 is 5.69 Å². The van der Waals surface area contributed by atoms with Crippen molar-refractivity contribution in [2.24, 2.45) is 0 Å². The molecule has 0 spiro atoms. The molecular formula is C22H26N4O4. The highest BCUT2D eigenvalue weighted by Gasteiger charge is 2.30. The van der Waals surface area contributed by atoms with E-state index in [-0.39, 0.29) is 22.6 Å². The largest absolute Gasteiger partial charge is 0.444 e. The lowest BCUT2D eigenvalue weighted by atomic mass is 10.1. The van der Waals surface area contributed by atoms with Crippen LogP contribution in [0.15, 0.2) is 44.3 Å². The van der Waals surface area contributed by atoms with E-state index < -0.39 is 11.2 Å². The van der Waals surface area contributed by atoms with Crippen molar-refractivity contribution in [1.29, 1.82) is 0 Å². The SMILES string of the molecule is Cc1oc2[nH]c(=O)n(-c3ccccc3)c(=O)c2c1C(=O)NCCN(C(C)C)C1CC1. The Morgan fingerprint density at radius 2 is 1.97 bits per heavy atom. The fraction of sp³-hybridized carbons (Fsp3) is 0.409. The summed E-state index contributed by atoms with van der Waals surface area (Å²) in [7, 11) is 0. The van der Waals surface area contributed by atoms with Crippen LogP contribution in [0.4, 0.5) is 0 Å². The molecule has 1 aliphatic carbocycles. The molecule has 0 bridgehead atoms. The van der Waals surface area contributed by atoms with E-state index in [1.54, 1.807) is 37.3 Å². The molecule has 30 heavy (non-hydrogen) atoms. The number of furan rings is 1. The molecule has 0 unspecified atom stereocenters. The molecule has 1 aliphatic rings. The number of carbonyl (C=O) groups is 1. The summed E-state index contributed by atoms with van der Waals surface area (Å²) in [4.78, 5) is 43.5. The Bertz CT molecular complexity index is 1180. The predicted octanol–water partition coefficient (Wildman–Crippen LogP) is 2.18. The number of nitrogens with one attached hydrogen (secondary N) is 2. The number of carbonyl (C=O) groups excluding carboxylic acids is 1. The molecule has 0 saturated heterocycles. The third kappa shape index (κ3) is 3.70. The highest BCUT2D eigenvalue weighted by Crippen LogP contribution is 2.28. The van der Waals surface area contributed by atoms with Crippen LogP contribution in [-0.4, -0.2) is 45.5 Å². The summed E-state index contributed by atoms with van der Waals surface area (Å²) in [6.07, 6.45) is 2.40. The molecule has 1 amide bonds. The first-order valence-corrected chi connectivity index (χ1v) is 10.3. The van der Waals surface area contributed by atoms with E-state index in [1.165, 1.54) is 12.8 Å². The zero-order chi connectivity index (χ0) is 21.4. The van der Waals surface area contributed by atoms with Crippen LogP contribution in [0.2, 0.25) is 0 Å². The molecule has 0 aliphatic heterocycles. The number of benzene rings is 1. The van der Waals surface area contributed by atoms with Crippen LogP contribution < -0.4 is 16.6 Å². The second kappa shape index (κ2) is 7.95. The van der Waals surface area contributed by atoms with Gasteiger partial charge in [0.1, 0.15) is 11.1 Å². The maximum Gasteiger partial charge on any atom is 0.335 e. The van der Waals surface area contributed by atoms with Gasteiger partial charge in [-0.3, -0.25) is 19.5 Å². The van der Waals surface area contributed by atoms with Crippen molar-refractivity contribution in [3.63, 3.8) is 0 Å². The first-order valence-electron chi connectivity index (χ1n) is 10.3. The van der Waals surface area contributed by atoms with Gasteiger partial charge in [0.05, 0.1) is 11.3 Å². The molecule has 1 saturated carbocycles. The van der Waals surface area contributed by atoms with E-state index in [0.717, 1.165) is 11.1 Å². The van der Waals surface area contributed by atoms with E-state index in [1.807, 2.05) is 0 Å². The number of nitrogens with zero attached hydrogens (tertiary/aromatic N) is 2. The number of aromatic nitrogens is 2. The fourth-order valence-corrected chi connectivity index (χ4v) is 3.93. The third-order valence-electron chi connectivity index (χ3n) is 5.50. The average molecular weight is 410 g/mol. The van der Waals surface area contributed by atoms with Crippen molar-refractivity contribution in [2.75, 3.05) is 13.1 Å². The van der Waals surface area contributed by atoms with Crippen molar-refractivity contribution in [3.8, 4) is 5.69 Å². The molecule has 8 heteroatoms. The summed E-state index contributed by atoms with van der Waals surface area (Å²) in [5, 5.41) is 2.99. The van der Waals surface area contributed by atoms with Crippen LogP contribution in [0.3, 0.4) is 0 Å². The maximum absolute atomic E-state index is 13.2. The monoisotopic (exact) mass is 410 g/mol. The van der Waals surface area contributed by atoms with Crippen molar-refractivity contribution >= 4 is 17.0 Å². The van der Waals surface area contributed by atoms with Crippen LogP contribution in [0, 0.1) is 6.92 Å². The molecule has 0 radical (unpaired) electrons. The molecule has 158 valence electrons. The minimum absolute atomic E-state index is 0.0154. The van der Waals surface area contributed by atoms with Crippen LogP contribution in [0.25, 0.3) is 16.8 Å². The van der Waals surface area contributed by atoms with E-state index in [4.69, 9.17) is 4.42 Å². The number of fused-ring (bicyclic) bond motifs is 1. The lowest BCUT2D eigenvalue weighted by Crippen LogP contribution is -2.40. The Kier molecular flexibility index (Phi) is 5.34. The van der Waals surface area contributed by atoms with Gasteiger partial charge < -0.3 is 9.73 Å². The van der Waals surface area contributed by atoms with Crippen LogP contribution >= 0.6 is 0 Å². The summed E-state index contributed by atoms with van der Waals surface area (Å²) in [5.41, 5.74) is -0.590.